The van der Waals surface area contributed by atoms with Gasteiger partial charge in [-0.15, -0.1) is 0 Å². The fraction of sp³-hybridized carbons (Fsp3) is 0.867. The van der Waals surface area contributed by atoms with Gasteiger partial charge in [0.05, 0.1) is 0 Å². The Morgan fingerprint density at radius 2 is 1.95 bits per heavy atom. The van der Waals surface area contributed by atoms with Crippen molar-refractivity contribution in [3.8, 4) is 0 Å². The van der Waals surface area contributed by atoms with Crippen LogP contribution in [0.5, 0.6) is 0 Å². The van der Waals surface area contributed by atoms with Crippen LogP contribution in [0.15, 0.2) is 0 Å². The van der Waals surface area contributed by atoms with E-state index in [1.54, 1.807) is 4.90 Å². The molecule has 0 aromatic carbocycles. The minimum atomic E-state index is -0.855. The predicted molar refractivity (Wildman–Crippen MR) is 76.6 cm³/mol. The lowest BCUT2D eigenvalue weighted by Crippen LogP contribution is -2.51. The number of rotatable bonds is 5. The summed E-state index contributed by atoms with van der Waals surface area (Å²) >= 11 is 0. The number of carbonyl (C=O) groups is 2. The Bertz CT molecular complexity index is 355. The first kappa shape index (κ1) is 15.1. The molecule has 1 aliphatic heterocycles. The molecule has 2 fully saturated rings. The van der Waals surface area contributed by atoms with Crippen molar-refractivity contribution in [2.45, 2.75) is 70.4 Å². The fourth-order valence-electron chi connectivity index (χ4n) is 2.91. The summed E-state index contributed by atoms with van der Waals surface area (Å²) < 4.78 is 0. The van der Waals surface area contributed by atoms with Gasteiger partial charge in [-0.3, -0.25) is 0 Å². The first-order chi connectivity index (χ1) is 9.65. The number of hydrogen-bond acceptors (Lipinski definition) is 2. The third kappa shape index (κ3) is 3.64. The number of carbonyl (C=O) groups excluding carboxylic acids is 1. The van der Waals surface area contributed by atoms with Gasteiger partial charge in [-0.25, -0.2) is 9.59 Å². The molecule has 1 N–H and O–H groups in total. The molecule has 0 aromatic heterocycles. The Balaban J connectivity index is 2.07. The number of nitrogens with zero attached hydrogens (tertiary/aromatic N) is 2. The van der Waals surface area contributed by atoms with E-state index in [0.29, 0.717) is 19.0 Å². The van der Waals surface area contributed by atoms with Crippen LogP contribution in [0, 0.1) is 0 Å². The second-order valence-corrected chi connectivity index (χ2v) is 5.96. The molecule has 0 bridgehead atoms. The van der Waals surface area contributed by atoms with Gasteiger partial charge in [-0.1, -0.05) is 26.2 Å². The molecule has 1 unspecified atom stereocenters. The fourth-order valence-corrected chi connectivity index (χ4v) is 2.91. The van der Waals surface area contributed by atoms with Crippen LogP contribution < -0.4 is 0 Å². The van der Waals surface area contributed by atoms with Crippen molar-refractivity contribution in [1.29, 1.82) is 0 Å². The van der Waals surface area contributed by atoms with Gasteiger partial charge in [0.15, 0.2) is 0 Å². The van der Waals surface area contributed by atoms with Crippen molar-refractivity contribution in [2.75, 3.05) is 13.1 Å². The Morgan fingerprint density at radius 3 is 2.55 bits per heavy atom. The number of likely N-dealkylation sites (tertiary alicyclic amines) is 1. The smallest absolute Gasteiger partial charge is 0.326 e. The normalized spacial score (nSPS) is 23.2. The number of amides is 2. The van der Waals surface area contributed by atoms with Crippen molar-refractivity contribution in [1.82, 2.24) is 9.80 Å². The molecular weight excluding hydrogens is 256 g/mol. The number of aliphatic carboxylic acids is 1. The molecule has 2 rings (SSSR count). The molecule has 2 aliphatic rings. The van der Waals surface area contributed by atoms with Crippen molar-refractivity contribution in [3.63, 3.8) is 0 Å². The third-order valence-electron chi connectivity index (χ3n) is 4.27. The van der Waals surface area contributed by atoms with Gasteiger partial charge in [-0.2, -0.15) is 0 Å². The second-order valence-electron chi connectivity index (χ2n) is 5.96. The van der Waals surface area contributed by atoms with E-state index in [2.05, 4.69) is 6.92 Å². The summed E-state index contributed by atoms with van der Waals surface area (Å²) in [5.41, 5.74) is 0. The quantitative estimate of drug-likeness (QED) is 0.843. The monoisotopic (exact) mass is 282 g/mol. The number of carboxylic acids is 1. The first-order valence-corrected chi connectivity index (χ1v) is 7.95. The highest BCUT2D eigenvalue weighted by atomic mass is 16.4. The third-order valence-corrected chi connectivity index (χ3v) is 4.27. The van der Waals surface area contributed by atoms with Gasteiger partial charge >= 0.3 is 12.0 Å². The molecule has 0 radical (unpaired) electrons. The first-order valence-electron chi connectivity index (χ1n) is 7.95. The van der Waals surface area contributed by atoms with Crippen LogP contribution in [-0.2, 0) is 4.79 Å². The minimum absolute atomic E-state index is 0.0461. The standard InChI is InChI=1S/C15H26N2O3/c1-2-3-10-16(12-8-9-12)15(20)17-11-6-4-5-7-13(17)14(18)19/h12-13H,2-11H2,1H3,(H,18,19). The van der Waals surface area contributed by atoms with Crippen LogP contribution in [0.4, 0.5) is 4.79 Å². The summed E-state index contributed by atoms with van der Waals surface area (Å²) in [5.74, 6) is -0.855. The molecule has 20 heavy (non-hydrogen) atoms. The van der Waals surface area contributed by atoms with Crippen LogP contribution >= 0.6 is 0 Å². The lowest BCUT2D eigenvalue weighted by atomic mass is 10.1. The Hall–Kier alpha value is -1.26. The van der Waals surface area contributed by atoms with Gasteiger partial charge in [0, 0.05) is 19.1 Å². The van der Waals surface area contributed by atoms with Gasteiger partial charge in [0.25, 0.3) is 0 Å². The summed E-state index contributed by atoms with van der Waals surface area (Å²) in [6.07, 6.45) is 7.62. The van der Waals surface area contributed by atoms with E-state index in [-0.39, 0.29) is 6.03 Å². The summed E-state index contributed by atoms with van der Waals surface area (Å²) in [7, 11) is 0. The summed E-state index contributed by atoms with van der Waals surface area (Å²) in [6.45, 7) is 3.47. The average molecular weight is 282 g/mol. The average Bonchev–Trinajstić information content (AvgIpc) is 3.24. The molecule has 114 valence electrons. The van der Waals surface area contributed by atoms with E-state index in [9.17, 15) is 14.7 Å². The summed E-state index contributed by atoms with van der Waals surface area (Å²) in [5, 5.41) is 9.38. The second kappa shape index (κ2) is 6.95. The van der Waals surface area contributed by atoms with Crippen molar-refractivity contribution in [2.24, 2.45) is 0 Å². The highest BCUT2D eigenvalue weighted by Crippen LogP contribution is 2.29. The SMILES string of the molecule is CCCCN(C(=O)N1CCCCCC1C(=O)O)C1CC1. The maximum absolute atomic E-state index is 12.7. The number of urea groups is 1. The van der Waals surface area contributed by atoms with Gasteiger partial charge in [0.1, 0.15) is 6.04 Å². The van der Waals surface area contributed by atoms with E-state index >= 15 is 0 Å². The van der Waals surface area contributed by atoms with Crippen LogP contribution in [0.3, 0.4) is 0 Å². The molecule has 5 heteroatoms. The summed E-state index contributed by atoms with van der Waals surface area (Å²) in [6, 6.07) is -0.324. The minimum Gasteiger partial charge on any atom is -0.480 e. The Morgan fingerprint density at radius 1 is 1.20 bits per heavy atom. The molecule has 1 aliphatic carbocycles. The topological polar surface area (TPSA) is 60.9 Å². The van der Waals surface area contributed by atoms with Crippen LogP contribution in [0.2, 0.25) is 0 Å². The number of unbranched alkanes of at least 4 members (excludes halogenated alkanes) is 1. The van der Waals surface area contributed by atoms with E-state index in [0.717, 1.165) is 51.5 Å². The molecule has 0 spiro atoms. The molecule has 0 aromatic rings. The number of carboxylic acid groups (broad SMARTS) is 1. The molecule has 1 saturated carbocycles. The molecule has 5 nitrogen and oxygen atoms in total. The van der Waals surface area contributed by atoms with Crippen molar-refractivity contribution >= 4 is 12.0 Å². The van der Waals surface area contributed by atoms with E-state index in [1.807, 2.05) is 4.90 Å². The lowest BCUT2D eigenvalue weighted by Gasteiger charge is -2.33. The van der Waals surface area contributed by atoms with Crippen LogP contribution in [0.25, 0.3) is 0 Å². The zero-order valence-corrected chi connectivity index (χ0v) is 12.4. The maximum atomic E-state index is 12.7. The van der Waals surface area contributed by atoms with Crippen LogP contribution in [0.1, 0.15) is 58.3 Å². The number of hydrogen-bond donors (Lipinski definition) is 1. The highest BCUT2D eigenvalue weighted by molar-refractivity contribution is 5.83. The Labute approximate surface area is 120 Å². The van der Waals surface area contributed by atoms with Crippen LogP contribution in [-0.4, -0.2) is 52.1 Å². The van der Waals surface area contributed by atoms with E-state index in [1.165, 1.54) is 0 Å². The molecule has 1 heterocycles. The highest BCUT2D eigenvalue weighted by Gasteiger charge is 2.38. The zero-order chi connectivity index (χ0) is 14.5. The van der Waals surface area contributed by atoms with Gasteiger partial charge < -0.3 is 14.9 Å². The van der Waals surface area contributed by atoms with Crippen molar-refractivity contribution < 1.29 is 14.7 Å². The molecular formula is C15H26N2O3. The Kier molecular flexibility index (Phi) is 5.26. The lowest BCUT2D eigenvalue weighted by molar-refractivity contribution is -0.142. The zero-order valence-electron chi connectivity index (χ0n) is 12.4. The van der Waals surface area contributed by atoms with Gasteiger partial charge in [0.2, 0.25) is 0 Å². The van der Waals surface area contributed by atoms with Gasteiger partial charge in [-0.05, 0) is 32.1 Å². The maximum Gasteiger partial charge on any atom is 0.326 e. The predicted octanol–water partition coefficient (Wildman–Crippen LogP) is 2.70. The van der Waals surface area contributed by atoms with Crippen molar-refractivity contribution in [3.05, 3.63) is 0 Å². The largest absolute Gasteiger partial charge is 0.480 e. The van der Waals surface area contributed by atoms with E-state index < -0.39 is 12.0 Å². The molecule has 1 saturated heterocycles. The molecule has 1 atom stereocenters. The van der Waals surface area contributed by atoms with E-state index in [4.69, 9.17) is 0 Å². The summed E-state index contributed by atoms with van der Waals surface area (Å²) in [4.78, 5) is 27.7. The molecule has 2 amide bonds.